The van der Waals surface area contributed by atoms with Crippen LogP contribution in [0.4, 0.5) is 8.78 Å². The highest BCUT2D eigenvalue weighted by Crippen LogP contribution is 2.19. The summed E-state index contributed by atoms with van der Waals surface area (Å²) in [7, 11) is 0. The molecule has 2 aromatic rings. The van der Waals surface area contributed by atoms with Crippen LogP contribution in [-0.4, -0.2) is 10.2 Å². The molecule has 0 amide bonds. The number of hydrogen-bond donors (Lipinski definition) is 0. The van der Waals surface area contributed by atoms with Gasteiger partial charge in [0.2, 0.25) is 11.8 Å². The minimum absolute atomic E-state index is 0.182. The third-order valence-corrected chi connectivity index (χ3v) is 1.69. The Morgan fingerprint density at radius 3 is 2.50 bits per heavy atom. The van der Waals surface area contributed by atoms with Gasteiger partial charge in [0.1, 0.15) is 0 Å². The van der Waals surface area contributed by atoms with E-state index in [0.717, 1.165) is 12.1 Å². The first-order valence-corrected chi connectivity index (χ1v) is 3.92. The van der Waals surface area contributed by atoms with Gasteiger partial charge in [-0.05, 0) is 18.2 Å². The van der Waals surface area contributed by atoms with E-state index in [1.165, 1.54) is 6.07 Å². The zero-order valence-electron chi connectivity index (χ0n) is 7.29. The van der Waals surface area contributed by atoms with Crippen LogP contribution in [0, 0.1) is 18.6 Å². The molecule has 1 aromatic carbocycles. The van der Waals surface area contributed by atoms with E-state index in [0.29, 0.717) is 11.5 Å². The molecule has 5 heteroatoms. The summed E-state index contributed by atoms with van der Waals surface area (Å²) in [5.74, 6) is -1.27. The van der Waals surface area contributed by atoms with Crippen molar-refractivity contribution in [1.82, 2.24) is 10.2 Å². The second-order valence-electron chi connectivity index (χ2n) is 2.76. The molecule has 1 heterocycles. The topological polar surface area (TPSA) is 38.9 Å². The van der Waals surface area contributed by atoms with Crippen LogP contribution in [0.5, 0.6) is 0 Å². The van der Waals surface area contributed by atoms with Crippen molar-refractivity contribution in [3.05, 3.63) is 35.7 Å². The smallest absolute Gasteiger partial charge is 0.247 e. The average Bonchev–Trinajstić information content (AvgIpc) is 2.57. The van der Waals surface area contributed by atoms with Crippen molar-refractivity contribution in [2.45, 2.75) is 6.92 Å². The molecule has 0 N–H and O–H groups in total. The fourth-order valence-electron chi connectivity index (χ4n) is 1.04. The van der Waals surface area contributed by atoms with Gasteiger partial charge in [0.15, 0.2) is 11.6 Å². The summed E-state index contributed by atoms with van der Waals surface area (Å²) in [4.78, 5) is 0. The molecule has 0 saturated heterocycles. The fraction of sp³-hybridized carbons (Fsp3) is 0.111. The second-order valence-corrected chi connectivity index (χ2v) is 2.76. The molecule has 0 aliphatic carbocycles. The Kier molecular flexibility index (Phi) is 1.99. The number of aryl methyl sites for hydroxylation is 1. The molecule has 0 atom stereocenters. The van der Waals surface area contributed by atoms with Crippen LogP contribution in [0.15, 0.2) is 22.6 Å². The Balaban J connectivity index is 2.47. The maximum absolute atomic E-state index is 12.8. The third kappa shape index (κ3) is 1.48. The molecule has 2 rings (SSSR count). The molecule has 72 valence electrons. The fourth-order valence-corrected chi connectivity index (χ4v) is 1.04. The molecular weight excluding hydrogens is 190 g/mol. The Hall–Kier alpha value is -1.78. The molecule has 0 aliphatic heterocycles. The largest absolute Gasteiger partial charge is 0.421 e. The third-order valence-electron chi connectivity index (χ3n) is 1.69. The molecule has 0 aliphatic rings. The maximum Gasteiger partial charge on any atom is 0.247 e. The number of benzene rings is 1. The van der Waals surface area contributed by atoms with Crippen LogP contribution < -0.4 is 0 Å². The van der Waals surface area contributed by atoms with Crippen molar-refractivity contribution < 1.29 is 13.2 Å². The van der Waals surface area contributed by atoms with E-state index in [2.05, 4.69) is 10.2 Å². The first kappa shape index (κ1) is 8.80. The minimum atomic E-state index is -0.932. The highest BCUT2D eigenvalue weighted by Gasteiger charge is 2.09. The lowest BCUT2D eigenvalue weighted by molar-refractivity contribution is 0.506. The minimum Gasteiger partial charge on any atom is -0.421 e. The van der Waals surface area contributed by atoms with E-state index in [1.807, 2.05) is 0 Å². The van der Waals surface area contributed by atoms with Gasteiger partial charge >= 0.3 is 0 Å². The van der Waals surface area contributed by atoms with E-state index >= 15 is 0 Å². The Morgan fingerprint density at radius 2 is 1.93 bits per heavy atom. The summed E-state index contributed by atoms with van der Waals surface area (Å²) in [5.41, 5.74) is 0.365. The van der Waals surface area contributed by atoms with Gasteiger partial charge in [-0.2, -0.15) is 0 Å². The van der Waals surface area contributed by atoms with Gasteiger partial charge in [0.05, 0.1) is 0 Å². The molecule has 0 saturated carbocycles. The maximum atomic E-state index is 12.8. The van der Waals surface area contributed by atoms with E-state index in [-0.39, 0.29) is 5.89 Å². The van der Waals surface area contributed by atoms with Gasteiger partial charge in [-0.15, -0.1) is 10.2 Å². The Bertz CT molecular complexity index is 468. The van der Waals surface area contributed by atoms with Crippen molar-refractivity contribution >= 4 is 0 Å². The van der Waals surface area contributed by atoms with Crippen LogP contribution >= 0.6 is 0 Å². The highest BCUT2D eigenvalue weighted by atomic mass is 19.2. The molecule has 0 unspecified atom stereocenters. The number of hydrogen-bond acceptors (Lipinski definition) is 3. The van der Waals surface area contributed by atoms with Crippen molar-refractivity contribution in [3.8, 4) is 11.5 Å². The van der Waals surface area contributed by atoms with E-state index in [1.54, 1.807) is 6.92 Å². The van der Waals surface area contributed by atoms with E-state index in [9.17, 15) is 8.78 Å². The van der Waals surface area contributed by atoms with Crippen LogP contribution in [0.25, 0.3) is 11.5 Å². The summed E-state index contributed by atoms with van der Waals surface area (Å²) in [6, 6.07) is 3.41. The van der Waals surface area contributed by atoms with Gasteiger partial charge in [-0.1, -0.05) is 0 Å². The van der Waals surface area contributed by atoms with Crippen LogP contribution in [-0.2, 0) is 0 Å². The summed E-state index contributed by atoms with van der Waals surface area (Å²) < 4.78 is 30.4. The number of aromatic nitrogens is 2. The lowest BCUT2D eigenvalue weighted by Gasteiger charge is -1.95. The number of rotatable bonds is 1. The van der Waals surface area contributed by atoms with E-state index < -0.39 is 11.6 Å². The van der Waals surface area contributed by atoms with Crippen LogP contribution in [0.3, 0.4) is 0 Å². The Labute approximate surface area is 78.4 Å². The first-order valence-electron chi connectivity index (χ1n) is 3.92. The van der Waals surface area contributed by atoms with Gasteiger partial charge < -0.3 is 4.42 Å². The lowest BCUT2D eigenvalue weighted by atomic mass is 10.2. The summed E-state index contributed by atoms with van der Waals surface area (Å²) in [5, 5.41) is 7.26. The molecule has 3 nitrogen and oxygen atoms in total. The summed E-state index contributed by atoms with van der Waals surface area (Å²) >= 11 is 0. The SMILES string of the molecule is Cc1nnc(-c2ccc(F)c(F)c2)o1. The molecule has 0 radical (unpaired) electrons. The predicted molar refractivity (Wildman–Crippen MR) is 44.4 cm³/mol. The monoisotopic (exact) mass is 196 g/mol. The van der Waals surface area contributed by atoms with Gasteiger partial charge in [0, 0.05) is 12.5 Å². The van der Waals surface area contributed by atoms with Crippen molar-refractivity contribution in [2.75, 3.05) is 0 Å². The average molecular weight is 196 g/mol. The predicted octanol–water partition coefficient (Wildman–Crippen LogP) is 2.32. The number of nitrogens with zero attached hydrogens (tertiary/aromatic N) is 2. The number of halogens is 2. The molecule has 0 bridgehead atoms. The summed E-state index contributed by atoms with van der Waals surface area (Å²) in [6.07, 6.45) is 0. The van der Waals surface area contributed by atoms with Gasteiger partial charge in [-0.3, -0.25) is 0 Å². The Morgan fingerprint density at radius 1 is 1.14 bits per heavy atom. The zero-order valence-corrected chi connectivity index (χ0v) is 7.29. The van der Waals surface area contributed by atoms with Crippen LogP contribution in [0.2, 0.25) is 0 Å². The molecule has 0 fully saturated rings. The highest BCUT2D eigenvalue weighted by molar-refractivity contribution is 5.52. The summed E-state index contributed by atoms with van der Waals surface area (Å²) in [6.45, 7) is 1.62. The van der Waals surface area contributed by atoms with Gasteiger partial charge in [-0.25, -0.2) is 8.78 Å². The van der Waals surface area contributed by atoms with Crippen molar-refractivity contribution in [3.63, 3.8) is 0 Å². The second kappa shape index (κ2) is 3.17. The molecule has 0 spiro atoms. The standard InChI is InChI=1S/C9H6F2N2O/c1-5-12-13-9(14-5)6-2-3-7(10)8(11)4-6/h2-4H,1H3. The lowest BCUT2D eigenvalue weighted by Crippen LogP contribution is -1.85. The van der Waals surface area contributed by atoms with Crippen molar-refractivity contribution in [2.24, 2.45) is 0 Å². The quantitative estimate of drug-likeness (QED) is 0.702. The van der Waals surface area contributed by atoms with Crippen molar-refractivity contribution in [1.29, 1.82) is 0 Å². The van der Waals surface area contributed by atoms with E-state index in [4.69, 9.17) is 4.42 Å². The molecule has 1 aromatic heterocycles. The van der Waals surface area contributed by atoms with Crippen LogP contribution in [0.1, 0.15) is 5.89 Å². The molecular formula is C9H6F2N2O. The molecule has 14 heavy (non-hydrogen) atoms. The van der Waals surface area contributed by atoms with Gasteiger partial charge in [0.25, 0.3) is 0 Å². The normalized spacial score (nSPS) is 10.5. The first-order chi connectivity index (χ1) is 6.66. The zero-order chi connectivity index (χ0) is 10.1.